The van der Waals surface area contributed by atoms with Crippen molar-refractivity contribution in [1.29, 1.82) is 0 Å². The van der Waals surface area contributed by atoms with E-state index in [1.807, 2.05) is 42.5 Å². The van der Waals surface area contributed by atoms with Gasteiger partial charge >= 0.3 is 0 Å². The van der Waals surface area contributed by atoms with Gasteiger partial charge in [0.05, 0.1) is 5.69 Å². The van der Waals surface area contributed by atoms with Crippen LogP contribution in [0.4, 0.5) is 5.69 Å². The lowest BCUT2D eigenvalue weighted by Gasteiger charge is -2.14. The van der Waals surface area contributed by atoms with Gasteiger partial charge in [0.1, 0.15) is 11.1 Å². The first-order valence-corrected chi connectivity index (χ1v) is 10.0. The van der Waals surface area contributed by atoms with Crippen molar-refractivity contribution in [1.82, 2.24) is 15.2 Å². The van der Waals surface area contributed by atoms with Crippen LogP contribution < -0.4 is 4.90 Å². The van der Waals surface area contributed by atoms with Gasteiger partial charge in [0.2, 0.25) is 17.0 Å². The van der Waals surface area contributed by atoms with Gasteiger partial charge in [-0.1, -0.05) is 58.0 Å². The largest absolute Gasteiger partial charge is 0.274 e. The molecule has 1 aliphatic heterocycles. The Labute approximate surface area is 168 Å². The predicted molar refractivity (Wildman–Crippen MR) is 107 cm³/mol. The van der Waals surface area contributed by atoms with Gasteiger partial charge in [-0.05, 0) is 29.8 Å². The van der Waals surface area contributed by atoms with Crippen LogP contribution in [0.15, 0.2) is 64.2 Å². The summed E-state index contributed by atoms with van der Waals surface area (Å²) in [4.78, 5) is 30.7. The number of halogens is 1. The van der Waals surface area contributed by atoms with Crippen LogP contribution in [-0.2, 0) is 16.0 Å². The first kappa shape index (κ1) is 17.9. The number of amides is 2. The number of carbonyl (C=O) groups is 2. The summed E-state index contributed by atoms with van der Waals surface area (Å²) in [6.07, 6.45) is 0.777. The van der Waals surface area contributed by atoms with Gasteiger partial charge in [0.15, 0.2) is 0 Å². The number of nitrogens with one attached hydrogen (secondary N) is 1. The van der Waals surface area contributed by atoms with Crippen molar-refractivity contribution >= 4 is 45.2 Å². The maximum atomic E-state index is 12.7. The minimum absolute atomic E-state index is 0.141. The average Bonchev–Trinajstić information content (AvgIpc) is 3.21. The monoisotopic (exact) mass is 442 g/mol. The van der Waals surface area contributed by atoms with E-state index in [4.69, 9.17) is 0 Å². The second-order valence-electron chi connectivity index (χ2n) is 6.08. The highest BCUT2D eigenvalue weighted by Gasteiger charge is 2.40. The Balaban J connectivity index is 1.45. The average molecular weight is 443 g/mol. The third-order valence-electron chi connectivity index (χ3n) is 4.16. The maximum absolute atomic E-state index is 12.7. The Hall–Kier alpha value is -2.45. The number of thioether (sulfide) groups is 1. The maximum Gasteiger partial charge on any atom is 0.247 e. The number of aromatic nitrogens is 3. The number of H-pyrrole nitrogens is 1. The number of nitrogens with zero attached hydrogens (tertiary/aromatic N) is 3. The summed E-state index contributed by atoms with van der Waals surface area (Å²) < 4.78 is 0.892. The molecule has 1 aliphatic rings. The van der Waals surface area contributed by atoms with Gasteiger partial charge in [0, 0.05) is 17.3 Å². The Bertz CT molecular complexity index is 975. The highest BCUT2D eigenvalue weighted by atomic mass is 79.9. The summed E-state index contributed by atoms with van der Waals surface area (Å²) in [5, 5.41) is 7.05. The Morgan fingerprint density at radius 3 is 2.59 bits per heavy atom. The molecule has 0 radical (unpaired) electrons. The van der Waals surface area contributed by atoms with Crippen LogP contribution in [0.2, 0.25) is 0 Å². The zero-order valence-corrected chi connectivity index (χ0v) is 16.5. The topological polar surface area (TPSA) is 79.0 Å². The fourth-order valence-corrected chi connectivity index (χ4v) is 4.10. The molecule has 27 heavy (non-hydrogen) atoms. The lowest BCUT2D eigenvalue weighted by Crippen LogP contribution is -2.31. The molecule has 1 aromatic heterocycles. The van der Waals surface area contributed by atoms with Crippen LogP contribution in [0.5, 0.6) is 0 Å². The van der Waals surface area contributed by atoms with Gasteiger partial charge in [-0.2, -0.15) is 0 Å². The molecule has 4 rings (SSSR count). The lowest BCUT2D eigenvalue weighted by molar-refractivity contribution is -0.121. The molecule has 0 bridgehead atoms. The van der Waals surface area contributed by atoms with Crippen LogP contribution in [0.25, 0.3) is 0 Å². The number of imide groups is 1. The van der Waals surface area contributed by atoms with Crippen molar-refractivity contribution in [2.75, 3.05) is 4.90 Å². The van der Waals surface area contributed by atoms with E-state index >= 15 is 0 Å². The van der Waals surface area contributed by atoms with E-state index in [0.717, 1.165) is 15.9 Å². The second-order valence-corrected chi connectivity index (χ2v) is 8.17. The number of hydrogen-bond acceptors (Lipinski definition) is 5. The van der Waals surface area contributed by atoms with Gasteiger partial charge < -0.3 is 0 Å². The molecule has 0 aliphatic carbocycles. The smallest absolute Gasteiger partial charge is 0.247 e. The molecule has 2 heterocycles. The summed E-state index contributed by atoms with van der Waals surface area (Å²) in [6, 6.07) is 17.1. The lowest BCUT2D eigenvalue weighted by atomic mass is 10.1. The van der Waals surface area contributed by atoms with Crippen molar-refractivity contribution in [2.45, 2.75) is 23.2 Å². The van der Waals surface area contributed by atoms with E-state index in [9.17, 15) is 9.59 Å². The minimum Gasteiger partial charge on any atom is -0.274 e. The summed E-state index contributed by atoms with van der Waals surface area (Å²) >= 11 is 4.58. The molecule has 136 valence electrons. The molecule has 8 heteroatoms. The van der Waals surface area contributed by atoms with E-state index in [1.165, 1.54) is 16.7 Å². The molecule has 2 aromatic carbocycles. The van der Waals surface area contributed by atoms with Crippen LogP contribution in [0, 0.1) is 0 Å². The van der Waals surface area contributed by atoms with E-state index in [2.05, 4.69) is 31.1 Å². The predicted octanol–water partition coefficient (Wildman–Crippen LogP) is 3.58. The molecule has 1 saturated heterocycles. The van der Waals surface area contributed by atoms with Crippen molar-refractivity contribution in [3.63, 3.8) is 0 Å². The number of anilines is 1. The standard InChI is InChI=1S/C19H15BrN4O2S/c20-13-6-8-14(9-7-13)24-17(25)11-15(18(24)26)27-19-21-16(22-23-19)10-12-4-2-1-3-5-12/h1-9,15H,10-11H2,(H,21,22,23). The van der Waals surface area contributed by atoms with Gasteiger partial charge in [-0.15, -0.1) is 5.10 Å². The first-order chi connectivity index (χ1) is 13.1. The molecule has 1 unspecified atom stereocenters. The number of carbonyl (C=O) groups excluding carboxylic acids is 2. The summed E-state index contributed by atoms with van der Waals surface area (Å²) in [6.45, 7) is 0. The number of aromatic amines is 1. The van der Waals surface area contributed by atoms with Gasteiger partial charge in [-0.25, -0.2) is 9.88 Å². The molecule has 0 spiro atoms. The number of rotatable bonds is 5. The normalized spacial score (nSPS) is 16.9. The third-order valence-corrected chi connectivity index (χ3v) is 5.74. The first-order valence-electron chi connectivity index (χ1n) is 8.34. The summed E-state index contributed by atoms with van der Waals surface area (Å²) in [7, 11) is 0. The van der Waals surface area contributed by atoms with Crippen molar-refractivity contribution in [2.24, 2.45) is 0 Å². The highest BCUT2D eigenvalue weighted by Crippen LogP contribution is 2.33. The van der Waals surface area contributed by atoms with E-state index in [1.54, 1.807) is 12.1 Å². The van der Waals surface area contributed by atoms with E-state index in [-0.39, 0.29) is 18.2 Å². The van der Waals surface area contributed by atoms with Crippen LogP contribution in [0.1, 0.15) is 17.8 Å². The molecule has 3 aromatic rings. The zero-order valence-electron chi connectivity index (χ0n) is 14.1. The van der Waals surface area contributed by atoms with Gasteiger partial charge in [0.25, 0.3) is 0 Å². The van der Waals surface area contributed by atoms with Crippen molar-refractivity contribution < 1.29 is 9.59 Å². The Kier molecular flexibility index (Phi) is 5.09. The summed E-state index contributed by atoms with van der Waals surface area (Å²) in [5.41, 5.74) is 1.70. The Morgan fingerprint density at radius 2 is 1.85 bits per heavy atom. The fraction of sp³-hybridized carbons (Fsp3) is 0.158. The van der Waals surface area contributed by atoms with Gasteiger partial charge in [-0.3, -0.25) is 14.7 Å². The van der Waals surface area contributed by atoms with Crippen LogP contribution in [0.3, 0.4) is 0 Å². The number of hydrogen-bond donors (Lipinski definition) is 1. The molecule has 0 saturated carbocycles. The second kappa shape index (κ2) is 7.66. The number of benzene rings is 2. The van der Waals surface area contributed by atoms with E-state index in [0.29, 0.717) is 17.3 Å². The highest BCUT2D eigenvalue weighted by molar-refractivity contribution is 9.10. The SMILES string of the molecule is O=C1CC(Sc2n[nH]c(Cc3ccccc3)n2)C(=O)N1c1ccc(Br)cc1. The third kappa shape index (κ3) is 3.96. The van der Waals surface area contributed by atoms with Crippen LogP contribution >= 0.6 is 27.7 Å². The molecule has 1 fully saturated rings. The van der Waals surface area contributed by atoms with E-state index < -0.39 is 5.25 Å². The quantitative estimate of drug-likeness (QED) is 0.610. The summed E-state index contributed by atoms with van der Waals surface area (Å²) in [5.74, 6) is 0.284. The van der Waals surface area contributed by atoms with Crippen molar-refractivity contribution in [3.8, 4) is 0 Å². The fourth-order valence-electron chi connectivity index (χ4n) is 2.88. The van der Waals surface area contributed by atoms with Crippen molar-refractivity contribution in [3.05, 3.63) is 70.5 Å². The molecular formula is C19H15BrN4O2S. The molecule has 6 nitrogen and oxygen atoms in total. The molecule has 1 atom stereocenters. The Morgan fingerprint density at radius 1 is 1.11 bits per heavy atom. The molecule has 1 N–H and O–H groups in total. The zero-order chi connectivity index (χ0) is 18.8. The minimum atomic E-state index is -0.512. The molecular weight excluding hydrogens is 428 g/mol. The molecule has 2 amide bonds. The van der Waals surface area contributed by atoms with Crippen LogP contribution in [-0.4, -0.2) is 32.2 Å².